The Morgan fingerprint density at radius 1 is 1.19 bits per heavy atom. The van der Waals surface area contributed by atoms with Crippen LogP contribution in [0.4, 0.5) is 4.39 Å². The quantitative estimate of drug-likeness (QED) is 0.871. The van der Waals surface area contributed by atoms with Gasteiger partial charge in [0.15, 0.2) is 0 Å². The SMILES string of the molecule is OCCC#Cc1cccc(COc2ccc(Cl)c(F)c2)c1. The molecule has 0 aliphatic carbocycles. The zero-order valence-electron chi connectivity index (χ0n) is 11.3. The maximum absolute atomic E-state index is 13.3. The maximum Gasteiger partial charge on any atom is 0.145 e. The molecule has 0 aromatic heterocycles. The van der Waals surface area contributed by atoms with E-state index in [2.05, 4.69) is 11.8 Å². The molecule has 0 saturated carbocycles. The van der Waals surface area contributed by atoms with Crippen molar-refractivity contribution in [2.45, 2.75) is 13.0 Å². The summed E-state index contributed by atoms with van der Waals surface area (Å²) in [6, 6.07) is 11.9. The number of aliphatic hydroxyl groups is 1. The largest absolute Gasteiger partial charge is 0.489 e. The smallest absolute Gasteiger partial charge is 0.145 e. The lowest BCUT2D eigenvalue weighted by Gasteiger charge is -2.07. The summed E-state index contributed by atoms with van der Waals surface area (Å²) in [5.41, 5.74) is 1.79. The first kappa shape index (κ1) is 15.4. The zero-order chi connectivity index (χ0) is 15.1. The van der Waals surface area contributed by atoms with Crippen LogP contribution in [0.25, 0.3) is 0 Å². The number of ether oxygens (including phenoxy) is 1. The minimum atomic E-state index is -0.502. The van der Waals surface area contributed by atoms with Gasteiger partial charge in [-0.05, 0) is 29.8 Å². The Hall–Kier alpha value is -2.02. The molecule has 4 heteroatoms. The molecule has 0 atom stereocenters. The highest BCUT2D eigenvalue weighted by Gasteiger charge is 2.02. The molecule has 2 nitrogen and oxygen atoms in total. The molecular weight excluding hydrogens is 291 g/mol. The summed E-state index contributed by atoms with van der Waals surface area (Å²) in [7, 11) is 0. The Morgan fingerprint density at radius 3 is 2.81 bits per heavy atom. The van der Waals surface area contributed by atoms with Gasteiger partial charge in [-0.25, -0.2) is 4.39 Å². The van der Waals surface area contributed by atoms with Crippen molar-refractivity contribution in [3.8, 4) is 17.6 Å². The molecule has 2 aromatic rings. The van der Waals surface area contributed by atoms with Crippen molar-refractivity contribution < 1.29 is 14.2 Å². The third-order valence-electron chi connectivity index (χ3n) is 2.69. The highest BCUT2D eigenvalue weighted by atomic mass is 35.5. The second kappa shape index (κ2) is 7.68. The number of halogens is 2. The average Bonchev–Trinajstić information content (AvgIpc) is 2.49. The highest BCUT2D eigenvalue weighted by molar-refractivity contribution is 6.30. The lowest BCUT2D eigenvalue weighted by atomic mass is 10.1. The Kier molecular flexibility index (Phi) is 5.62. The second-order valence-electron chi connectivity index (χ2n) is 4.34. The zero-order valence-corrected chi connectivity index (χ0v) is 12.0. The van der Waals surface area contributed by atoms with E-state index in [9.17, 15) is 4.39 Å². The summed E-state index contributed by atoms with van der Waals surface area (Å²) < 4.78 is 18.8. The molecule has 0 spiro atoms. The number of hydrogen-bond acceptors (Lipinski definition) is 2. The maximum atomic E-state index is 13.3. The molecule has 0 bridgehead atoms. The molecule has 0 saturated heterocycles. The molecular formula is C17H14ClFO2. The molecule has 108 valence electrons. The van der Waals surface area contributed by atoms with Crippen molar-refractivity contribution >= 4 is 11.6 Å². The number of aliphatic hydroxyl groups excluding tert-OH is 1. The summed E-state index contributed by atoms with van der Waals surface area (Å²) in [6.07, 6.45) is 0.449. The molecule has 1 N–H and O–H groups in total. The lowest BCUT2D eigenvalue weighted by molar-refractivity contribution is 0.304. The van der Waals surface area contributed by atoms with Crippen LogP contribution in [-0.4, -0.2) is 11.7 Å². The first-order valence-corrected chi connectivity index (χ1v) is 6.83. The van der Waals surface area contributed by atoms with Gasteiger partial charge in [0, 0.05) is 18.1 Å². The van der Waals surface area contributed by atoms with Crippen LogP contribution < -0.4 is 4.74 Å². The van der Waals surface area contributed by atoms with E-state index in [1.807, 2.05) is 24.3 Å². The van der Waals surface area contributed by atoms with Crippen LogP contribution in [0.15, 0.2) is 42.5 Å². The predicted molar refractivity (Wildman–Crippen MR) is 80.8 cm³/mol. The van der Waals surface area contributed by atoms with Crippen LogP contribution in [0, 0.1) is 17.7 Å². The monoisotopic (exact) mass is 304 g/mol. The fourth-order valence-electron chi connectivity index (χ4n) is 1.69. The van der Waals surface area contributed by atoms with Gasteiger partial charge in [-0.2, -0.15) is 0 Å². The van der Waals surface area contributed by atoms with Gasteiger partial charge in [0.05, 0.1) is 11.6 Å². The molecule has 21 heavy (non-hydrogen) atoms. The van der Waals surface area contributed by atoms with Gasteiger partial charge in [0.25, 0.3) is 0 Å². The van der Waals surface area contributed by atoms with E-state index >= 15 is 0 Å². The van der Waals surface area contributed by atoms with Crippen molar-refractivity contribution in [1.82, 2.24) is 0 Å². The van der Waals surface area contributed by atoms with Crippen LogP contribution in [0.1, 0.15) is 17.5 Å². The van der Waals surface area contributed by atoms with Crippen molar-refractivity contribution in [3.05, 3.63) is 64.4 Å². The Labute approximate surface area is 128 Å². The molecule has 0 amide bonds. The summed E-state index contributed by atoms with van der Waals surface area (Å²) in [5, 5.41) is 8.76. The van der Waals surface area contributed by atoms with Crippen LogP contribution in [0.5, 0.6) is 5.75 Å². The van der Waals surface area contributed by atoms with Crippen molar-refractivity contribution in [2.75, 3.05) is 6.61 Å². The predicted octanol–water partition coefficient (Wildman–Crippen LogP) is 3.79. The van der Waals surface area contributed by atoms with Gasteiger partial charge in [-0.1, -0.05) is 35.6 Å². The van der Waals surface area contributed by atoms with Crippen LogP contribution in [0.3, 0.4) is 0 Å². The van der Waals surface area contributed by atoms with E-state index in [4.69, 9.17) is 21.4 Å². The van der Waals surface area contributed by atoms with Gasteiger partial charge >= 0.3 is 0 Å². The van der Waals surface area contributed by atoms with E-state index in [0.717, 1.165) is 11.1 Å². The van der Waals surface area contributed by atoms with Crippen LogP contribution >= 0.6 is 11.6 Å². The van der Waals surface area contributed by atoms with Gasteiger partial charge in [-0.3, -0.25) is 0 Å². The van der Waals surface area contributed by atoms with E-state index in [-0.39, 0.29) is 11.6 Å². The minimum absolute atomic E-state index is 0.0535. The minimum Gasteiger partial charge on any atom is -0.489 e. The second-order valence-corrected chi connectivity index (χ2v) is 4.75. The first-order chi connectivity index (χ1) is 10.2. The fourth-order valence-corrected chi connectivity index (χ4v) is 1.81. The average molecular weight is 305 g/mol. The van der Waals surface area contributed by atoms with Gasteiger partial charge in [0.2, 0.25) is 0 Å². The molecule has 0 aliphatic rings. The van der Waals surface area contributed by atoms with Crippen molar-refractivity contribution in [1.29, 1.82) is 0 Å². The van der Waals surface area contributed by atoms with Crippen LogP contribution in [-0.2, 0) is 6.61 Å². The number of benzene rings is 2. The summed E-state index contributed by atoms with van der Waals surface area (Å²) in [4.78, 5) is 0. The van der Waals surface area contributed by atoms with Gasteiger partial charge in [0.1, 0.15) is 18.2 Å². The highest BCUT2D eigenvalue weighted by Crippen LogP contribution is 2.21. The lowest BCUT2D eigenvalue weighted by Crippen LogP contribution is -1.96. The number of hydrogen-bond donors (Lipinski definition) is 1. The molecule has 0 radical (unpaired) electrons. The summed E-state index contributed by atoms with van der Waals surface area (Å²) in [5.74, 6) is 5.74. The van der Waals surface area contributed by atoms with E-state index in [1.54, 1.807) is 6.07 Å². The molecule has 2 aromatic carbocycles. The normalized spacial score (nSPS) is 9.86. The van der Waals surface area contributed by atoms with E-state index in [1.165, 1.54) is 12.1 Å². The standard InChI is InChI=1S/C17H14ClFO2/c18-16-8-7-15(11-17(16)19)21-12-14-6-3-5-13(10-14)4-1-2-9-20/h3,5-8,10-11,20H,2,9,12H2. The summed E-state index contributed by atoms with van der Waals surface area (Å²) >= 11 is 5.62. The van der Waals surface area contributed by atoms with Crippen molar-refractivity contribution in [3.63, 3.8) is 0 Å². The first-order valence-electron chi connectivity index (χ1n) is 6.45. The Morgan fingerprint density at radius 2 is 2.05 bits per heavy atom. The molecule has 0 fully saturated rings. The Balaban J connectivity index is 2.01. The fraction of sp³-hybridized carbons (Fsp3) is 0.176. The van der Waals surface area contributed by atoms with Crippen LogP contribution in [0.2, 0.25) is 5.02 Å². The summed E-state index contributed by atoms with van der Waals surface area (Å²) in [6.45, 7) is 0.370. The third-order valence-corrected chi connectivity index (χ3v) is 3.00. The Bertz CT molecular complexity index is 674. The third kappa shape index (κ3) is 4.78. The molecule has 0 heterocycles. The molecule has 2 rings (SSSR count). The van der Waals surface area contributed by atoms with Crippen molar-refractivity contribution in [2.24, 2.45) is 0 Å². The van der Waals surface area contributed by atoms with E-state index < -0.39 is 5.82 Å². The molecule has 0 aliphatic heterocycles. The topological polar surface area (TPSA) is 29.5 Å². The molecule has 0 unspecified atom stereocenters. The van der Waals surface area contributed by atoms with Gasteiger partial charge in [-0.15, -0.1) is 0 Å². The van der Waals surface area contributed by atoms with E-state index in [0.29, 0.717) is 18.8 Å². The number of rotatable bonds is 4. The van der Waals surface area contributed by atoms with Gasteiger partial charge < -0.3 is 9.84 Å².